The lowest BCUT2D eigenvalue weighted by Crippen LogP contribution is -2.15. The molecule has 1 heterocycles. The van der Waals surface area contributed by atoms with Crippen molar-refractivity contribution in [3.05, 3.63) is 40.6 Å². The van der Waals surface area contributed by atoms with Gasteiger partial charge in [0.2, 0.25) is 0 Å². The van der Waals surface area contributed by atoms with E-state index in [-0.39, 0.29) is 5.69 Å². The number of nitrogens with one attached hydrogen (secondary N) is 1. The Hall–Kier alpha value is -1.91. The van der Waals surface area contributed by atoms with Gasteiger partial charge >= 0.3 is 0 Å². The molecule has 5 nitrogen and oxygen atoms in total. The molecule has 0 spiro atoms. The summed E-state index contributed by atoms with van der Waals surface area (Å²) in [5.74, 6) is 0.568. The van der Waals surface area contributed by atoms with E-state index in [0.717, 1.165) is 12.8 Å². The van der Waals surface area contributed by atoms with Gasteiger partial charge in [0.05, 0.1) is 11.0 Å². The van der Waals surface area contributed by atoms with Gasteiger partial charge in [-0.2, -0.15) is 0 Å². The van der Waals surface area contributed by atoms with Crippen molar-refractivity contribution in [1.29, 1.82) is 0 Å². The Kier molecular flexibility index (Phi) is 2.62. The highest BCUT2D eigenvalue weighted by Gasteiger charge is 2.12. The zero-order valence-electron chi connectivity index (χ0n) is 8.09. The van der Waals surface area contributed by atoms with Crippen LogP contribution in [0.4, 0.5) is 11.5 Å². The number of hydrogen-bond acceptors (Lipinski definition) is 4. The summed E-state index contributed by atoms with van der Waals surface area (Å²) in [5.41, 5.74) is 0.0680. The third kappa shape index (κ3) is 2.31. The topological polar surface area (TPSA) is 68.1 Å². The minimum Gasteiger partial charge on any atom is -0.367 e. The number of aromatic nitrogens is 1. The minimum atomic E-state index is -0.417. The van der Waals surface area contributed by atoms with Crippen LogP contribution in [-0.4, -0.2) is 15.9 Å². The van der Waals surface area contributed by atoms with E-state index in [4.69, 9.17) is 0 Å². The molecule has 0 aromatic carbocycles. The summed E-state index contributed by atoms with van der Waals surface area (Å²) in [6.07, 6.45) is 7.53. The first-order valence-corrected chi connectivity index (χ1v) is 4.77. The van der Waals surface area contributed by atoms with Crippen molar-refractivity contribution in [2.75, 3.05) is 5.32 Å². The third-order valence-corrected chi connectivity index (χ3v) is 2.31. The van der Waals surface area contributed by atoms with Gasteiger partial charge < -0.3 is 5.32 Å². The predicted molar refractivity (Wildman–Crippen MR) is 56.7 cm³/mol. The van der Waals surface area contributed by atoms with Crippen molar-refractivity contribution in [2.24, 2.45) is 0 Å². The molecule has 0 saturated heterocycles. The molecular weight excluding hydrogens is 194 g/mol. The first kappa shape index (κ1) is 9.64. The Balaban J connectivity index is 2.07. The van der Waals surface area contributed by atoms with Crippen LogP contribution in [0, 0.1) is 10.1 Å². The van der Waals surface area contributed by atoms with Crippen molar-refractivity contribution in [3.63, 3.8) is 0 Å². The van der Waals surface area contributed by atoms with Crippen LogP contribution >= 0.6 is 0 Å². The lowest BCUT2D eigenvalue weighted by atomic mass is 10.2. The molecule has 0 saturated carbocycles. The van der Waals surface area contributed by atoms with Crippen molar-refractivity contribution in [1.82, 2.24) is 4.98 Å². The molecule has 1 aliphatic carbocycles. The van der Waals surface area contributed by atoms with E-state index in [9.17, 15) is 10.1 Å². The summed E-state index contributed by atoms with van der Waals surface area (Å²) >= 11 is 0. The highest BCUT2D eigenvalue weighted by molar-refractivity contribution is 5.45. The van der Waals surface area contributed by atoms with Gasteiger partial charge in [0.15, 0.2) is 0 Å². The lowest BCUT2D eigenvalue weighted by molar-refractivity contribution is -0.384. The minimum absolute atomic E-state index is 0.0680. The molecule has 0 atom stereocenters. The van der Waals surface area contributed by atoms with Gasteiger partial charge in [-0.15, -0.1) is 0 Å². The molecule has 78 valence electrons. The molecule has 0 bridgehead atoms. The Labute approximate surface area is 87.0 Å². The molecule has 1 N–H and O–H groups in total. The van der Waals surface area contributed by atoms with Crippen LogP contribution in [0.5, 0.6) is 0 Å². The number of rotatable bonds is 3. The van der Waals surface area contributed by atoms with Crippen LogP contribution in [0.15, 0.2) is 30.5 Å². The van der Waals surface area contributed by atoms with Crippen LogP contribution in [0.2, 0.25) is 0 Å². The molecule has 0 unspecified atom stereocenters. The van der Waals surface area contributed by atoms with Crippen molar-refractivity contribution < 1.29 is 4.92 Å². The summed E-state index contributed by atoms with van der Waals surface area (Å²) in [5, 5.41) is 13.7. The van der Waals surface area contributed by atoms with Crippen molar-refractivity contribution >= 4 is 11.5 Å². The van der Waals surface area contributed by atoms with E-state index < -0.39 is 4.92 Å². The smallest absolute Gasteiger partial charge is 0.274 e. The molecule has 1 aromatic heterocycles. The Morgan fingerprint density at radius 1 is 1.47 bits per heavy atom. The number of pyridine rings is 1. The standard InChI is InChI=1S/C10H11N3O2/c14-13(15)9-5-6-11-10(7-9)12-8-3-1-2-4-8/h1-2,5-8H,3-4H2,(H,11,12). The van der Waals surface area contributed by atoms with Gasteiger partial charge in [-0.25, -0.2) is 4.98 Å². The van der Waals surface area contributed by atoms with Crippen molar-refractivity contribution in [2.45, 2.75) is 18.9 Å². The first-order chi connectivity index (χ1) is 7.25. The van der Waals surface area contributed by atoms with E-state index in [1.165, 1.54) is 18.3 Å². The van der Waals surface area contributed by atoms with E-state index in [2.05, 4.69) is 22.5 Å². The van der Waals surface area contributed by atoms with E-state index in [0.29, 0.717) is 11.9 Å². The zero-order chi connectivity index (χ0) is 10.7. The second-order valence-electron chi connectivity index (χ2n) is 3.44. The average Bonchev–Trinajstić information content (AvgIpc) is 2.71. The van der Waals surface area contributed by atoms with Gasteiger partial charge in [-0.05, 0) is 12.8 Å². The summed E-state index contributed by atoms with van der Waals surface area (Å²) in [6, 6.07) is 3.16. The molecular formula is C10H11N3O2. The van der Waals surface area contributed by atoms with Crippen LogP contribution in [-0.2, 0) is 0 Å². The maximum absolute atomic E-state index is 10.5. The fraction of sp³-hybridized carbons (Fsp3) is 0.300. The number of hydrogen-bond donors (Lipinski definition) is 1. The van der Waals surface area contributed by atoms with E-state index in [1.54, 1.807) is 0 Å². The Morgan fingerprint density at radius 3 is 2.87 bits per heavy atom. The monoisotopic (exact) mass is 205 g/mol. The summed E-state index contributed by atoms with van der Waals surface area (Å²) in [4.78, 5) is 14.2. The largest absolute Gasteiger partial charge is 0.367 e. The van der Waals surface area contributed by atoms with Gasteiger partial charge in [-0.1, -0.05) is 12.2 Å². The van der Waals surface area contributed by atoms with Crippen molar-refractivity contribution in [3.8, 4) is 0 Å². The van der Waals surface area contributed by atoms with Crippen LogP contribution in [0.25, 0.3) is 0 Å². The van der Waals surface area contributed by atoms with E-state index in [1.807, 2.05) is 0 Å². The third-order valence-electron chi connectivity index (χ3n) is 2.31. The number of nitro groups is 1. The highest BCUT2D eigenvalue weighted by atomic mass is 16.6. The summed E-state index contributed by atoms with van der Waals surface area (Å²) < 4.78 is 0. The second-order valence-corrected chi connectivity index (χ2v) is 3.44. The molecule has 0 fully saturated rings. The molecule has 0 aliphatic heterocycles. The Morgan fingerprint density at radius 2 is 2.20 bits per heavy atom. The summed E-state index contributed by atoms with van der Waals surface area (Å²) in [7, 11) is 0. The summed E-state index contributed by atoms with van der Waals surface area (Å²) in [6.45, 7) is 0. The molecule has 1 aliphatic rings. The molecule has 2 rings (SSSR count). The SMILES string of the molecule is O=[N+]([O-])c1ccnc(NC2CC=CC2)c1. The molecule has 0 radical (unpaired) electrons. The predicted octanol–water partition coefficient (Wildman–Crippen LogP) is 2.12. The van der Waals surface area contributed by atoms with Gasteiger partial charge in [-0.3, -0.25) is 10.1 Å². The van der Waals surface area contributed by atoms with Crippen LogP contribution in [0.1, 0.15) is 12.8 Å². The van der Waals surface area contributed by atoms with Gasteiger partial charge in [0.25, 0.3) is 5.69 Å². The van der Waals surface area contributed by atoms with E-state index >= 15 is 0 Å². The first-order valence-electron chi connectivity index (χ1n) is 4.77. The molecule has 1 aromatic rings. The van der Waals surface area contributed by atoms with Crippen LogP contribution < -0.4 is 5.32 Å². The number of nitrogens with zero attached hydrogens (tertiary/aromatic N) is 2. The fourth-order valence-electron chi connectivity index (χ4n) is 1.56. The maximum Gasteiger partial charge on any atom is 0.274 e. The fourth-order valence-corrected chi connectivity index (χ4v) is 1.56. The lowest BCUT2D eigenvalue weighted by Gasteiger charge is -2.11. The quantitative estimate of drug-likeness (QED) is 0.466. The number of anilines is 1. The normalized spacial score (nSPS) is 15.5. The second kappa shape index (κ2) is 4.08. The maximum atomic E-state index is 10.5. The average molecular weight is 205 g/mol. The zero-order valence-corrected chi connectivity index (χ0v) is 8.09. The van der Waals surface area contributed by atoms with Crippen LogP contribution in [0.3, 0.4) is 0 Å². The Bertz CT molecular complexity index is 395. The van der Waals surface area contributed by atoms with Gasteiger partial charge in [0.1, 0.15) is 5.82 Å². The molecule has 15 heavy (non-hydrogen) atoms. The highest BCUT2D eigenvalue weighted by Crippen LogP contribution is 2.18. The molecule has 5 heteroatoms. The van der Waals surface area contributed by atoms with Gasteiger partial charge in [0, 0.05) is 18.3 Å². The molecule has 0 amide bonds.